The third-order valence-electron chi connectivity index (χ3n) is 4.45. The molecule has 2 aromatic carbocycles. The molecular formula is C18H20O3S. The third-order valence-corrected chi connectivity index (χ3v) is 5.04. The van der Waals surface area contributed by atoms with E-state index in [0.717, 1.165) is 19.1 Å². The van der Waals surface area contributed by atoms with E-state index in [2.05, 4.69) is 48.5 Å². The van der Waals surface area contributed by atoms with E-state index in [4.69, 9.17) is 4.18 Å². The van der Waals surface area contributed by atoms with E-state index >= 15 is 0 Å². The van der Waals surface area contributed by atoms with Crippen LogP contribution in [0.15, 0.2) is 60.7 Å². The average Bonchev–Trinajstić information content (AvgIpc) is 3.23. The van der Waals surface area contributed by atoms with E-state index in [1.165, 1.54) is 11.1 Å². The fourth-order valence-corrected chi connectivity index (χ4v) is 3.76. The molecule has 1 aliphatic carbocycles. The van der Waals surface area contributed by atoms with Crippen molar-refractivity contribution in [2.75, 3.05) is 12.9 Å². The minimum atomic E-state index is -3.36. The van der Waals surface area contributed by atoms with Crippen molar-refractivity contribution in [3.05, 3.63) is 71.8 Å². The summed E-state index contributed by atoms with van der Waals surface area (Å²) in [5.74, 6) is 0.416. The SMILES string of the molecule is CS(=O)(=O)OCCC1CC1(c1ccccc1)c1ccccc1. The van der Waals surface area contributed by atoms with Crippen LogP contribution in [0.2, 0.25) is 0 Å². The quantitative estimate of drug-likeness (QED) is 0.768. The van der Waals surface area contributed by atoms with Crippen molar-refractivity contribution in [1.82, 2.24) is 0 Å². The van der Waals surface area contributed by atoms with Crippen LogP contribution < -0.4 is 0 Å². The first-order valence-corrected chi connectivity index (χ1v) is 9.29. The highest BCUT2D eigenvalue weighted by Gasteiger charge is 2.55. The zero-order chi connectivity index (χ0) is 15.6. The summed E-state index contributed by atoms with van der Waals surface area (Å²) in [6, 6.07) is 20.9. The standard InChI is InChI=1S/C18H20O3S/c1-22(19,20)21-13-12-17-14-18(17,15-8-4-2-5-9-15)16-10-6-3-7-11-16/h2-11,17H,12-14H2,1H3. The first-order valence-electron chi connectivity index (χ1n) is 7.48. The Morgan fingerprint density at radius 3 is 1.95 bits per heavy atom. The maximum absolute atomic E-state index is 11.1. The maximum Gasteiger partial charge on any atom is 0.264 e. The van der Waals surface area contributed by atoms with Crippen molar-refractivity contribution in [2.45, 2.75) is 18.3 Å². The third kappa shape index (κ3) is 3.08. The van der Waals surface area contributed by atoms with Crippen LogP contribution in [0.25, 0.3) is 0 Å². The first-order chi connectivity index (χ1) is 10.5. The van der Waals surface area contributed by atoms with Crippen LogP contribution in [0.5, 0.6) is 0 Å². The molecule has 3 rings (SSSR count). The number of hydrogen-bond acceptors (Lipinski definition) is 3. The summed E-state index contributed by atoms with van der Waals surface area (Å²) < 4.78 is 27.1. The van der Waals surface area contributed by atoms with E-state index < -0.39 is 10.1 Å². The van der Waals surface area contributed by atoms with Crippen molar-refractivity contribution < 1.29 is 12.6 Å². The van der Waals surface area contributed by atoms with Gasteiger partial charge < -0.3 is 0 Å². The van der Waals surface area contributed by atoms with Crippen LogP contribution in [0.1, 0.15) is 24.0 Å². The van der Waals surface area contributed by atoms with Crippen molar-refractivity contribution in [3.8, 4) is 0 Å². The Morgan fingerprint density at radius 1 is 1.00 bits per heavy atom. The molecule has 1 fully saturated rings. The van der Waals surface area contributed by atoms with Gasteiger partial charge in [-0.1, -0.05) is 60.7 Å². The Kier molecular flexibility index (Phi) is 4.06. The summed E-state index contributed by atoms with van der Waals surface area (Å²) >= 11 is 0. The summed E-state index contributed by atoms with van der Waals surface area (Å²) in [4.78, 5) is 0. The molecule has 1 saturated carbocycles. The number of rotatable bonds is 6. The molecule has 22 heavy (non-hydrogen) atoms. The van der Waals surface area contributed by atoms with E-state index in [1.54, 1.807) is 0 Å². The highest BCUT2D eigenvalue weighted by molar-refractivity contribution is 7.85. The largest absolute Gasteiger partial charge is 0.270 e. The summed E-state index contributed by atoms with van der Waals surface area (Å²) in [6.07, 6.45) is 2.88. The predicted molar refractivity (Wildman–Crippen MR) is 87.2 cm³/mol. The van der Waals surface area contributed by atoms with Gasteiger partial charge in [0.1, 0.15) is 0 Å². The Hall–Kier alpha value is -1.65. The molecule has 116 valence electrons. The summed E-state index contributed by atoms with van der Waals surface area (Å²) in [5, 5.41) is 0. The van der Waals surface area contributed by atoms with Crippen molar-refractivity contribution in [2.24, 2.45) is 5.92 Å². The molecule has 1 aliphatic rings. The molecular weight excluding hydrogens is 296 g/mol. The van der Waals surface area contributed by atoms with E-state index in [0.29, 0.717) is 5.92 Å². The van der Waals surface area contributed by atoms with Crippen LogP contribution in [0, 0.1) is 5.92 Å². The maximum atomic E-state index is 11.1. The number of hydrogen-bond donors (Lipinski definition) is 0. The van der Waals surface area contributed by atoms with Crippen molar-refractivity contribution >= 4 is 10.1 Å². The van der Waals surface area contributed by atoms with Crippen LogP contribution in [-0.2, 0) is 19.7 Å². The minimum absolute atomic E-state index is 0.00336. The zero-order valence-electron chi connectivity index (χ0n) is 12.6. The van der Waals surface area contributed by atoms with Gasteiger partial charge in [-0.3, -0.25) is 4.18 Å². The van der Waals surface area contributed by atoms with E-state index in [1.807, 2.05) is 12.1 Å². The second kappa shape index (κ2) is 5.86. The van der Waals surface area contributed by atoms with Gasteiger partial charge >= 0.3 is 0 Å². The minimum Gasteiger partial charge on any atom is -0.270 e. The van der Waals surface area contributed by atoms with Gasteiger partial charge in [0, 0.05) is 5.41 Å². The lowest BCUT2D eigenvalue weighted by Crippen LogP contribution is -2.14. The zero-order valence-corrected chi connectivity index (χ0v) is 13.4. The molecule has 3 nitrogen and oxygen atoms in total. The van der Waals surface area contributed by atoms with Gasteiger partial charge in [0.25, 0.3) is 10.1 Å². The molecule has 1 atom stereocenters. The molecule has 0 amide bonds. The monoisotopic (exact) mass is 316 g/mol. The Morgan fingerprint density at radius 2 is 1.50 bits per heavy atom. The van der Waals surface area contributed by atoms with Crippen LogP contribution in [-0.4, -0.2) is 21.3 Å². The molecule has 0 radical (unpaired) electrons. The summed E-state index contributed by atoms with van der Waals surface area (Å²) in [7, 11) is -3.36. The lowest BCUT2D eigenvalue weighted by molar-refractivity contribution is 0.304. The first kappa shape index (κ1) is 15.3. The van der Waals surface area contributed by atoms with Gasteiger partial charge in [0.05, 0.1) is 12.9 Å². The summed E-state index contributed by atoms with van der Waals surface area (Å²) in [6.45, 7) is 0.255. The Bertz CT molecular complexity index is 684. The molecule has 2 aromatic rings. The Balaban J connectivity index is 1.82. The topological polar surface area (TPSA) is 43.4 Å². The molecule has 0 saturated heterocycles. The molecule has 4 heteroatoms. The average molecular weight is 316 g/mol. The van der Waals surface area contributed by atoms with Gasteiger partial charge in [-0.05, 0) is 29.9 Å². The predicted octanol–water partition coefficient (Wildman–Crippen LogP) is 3.36. The van der Waals surface area contributed by atoms with Crippen molar-refractivity contribution in [3.63, 3.8) is 0 Å². The molecule has 0 bridgehead atoms. The smallest absolute Gasteiger partial charge is 0.264 e. The highest BCUT2D eigenvalue weighted by atomic mass is 32.2. The number of benzene rings is 2. The van der Waals surface area contributed by atoms with Gasteiger partial charge in [0.15, 0.2) is 0 Å². The van der Waals surface area contributed by atoms with Gasteiger partial charge in [-0.25, -0.2) is 0 Å². The molecule has 0 aromatic heterocycles. The fraction of sp³-hybridized carbons (Fsp3) is 0.333. The van der Waals surface area contributed by atoms with Crippen LogP contribution >= 0.6 is 0 Å². The second-order valence-electron chi connectivity index (χ2n) is 5.92. The Labute approximate surface area is 132 Å². The lowest BCUT2D eigenvalue weighted by atomic mass is 9.85. The lowest BCUT2D eigenvalue weighted by Gasteiger charge is -2.19. The highest BCUT2D eigenvalue weighted by Crippen LogP contribution is 2.60. The second-order valence-corrected chi connectivity index (χ2v) is 7.56. The van der Waals surface area contributed by atoms with Crippen molar-refractivity contribution in [1.29, 1.82) is 0 Å². The normalized spacial score (nSPS) is 19.8. The summed E-state index contributed by atoms with van der Waals surface area (Å²) in [5.41, 5.74) is 2.60. The molecule has 1 unspecified atom stereocenters. The molecule has 0 aliphatic heterocycles. The van der Waals surface area contributed by atoms with Gasteiger partial charge in [-0.15, -0.1) is 0 Å². The van der Waals surface area contributed by atoms with Gasteiger partial charge in [-0.2, -0.15) is 8.42 Å². The molecule has 0 N–H and O–H groups in total. The molecule has 0 spiro atoms. The van der Waals surface area contributed by atoms with Crippen LogP contribution in [0.3, 0.4) is 0 Å². The van der Waals surface area contributed by atoms with E-state index in [9.17, 15) is 8.42 Å². The van der Waals surface area contributed by atoms with E-state index in [-0.39, 0.29) is 12.0 Å². The van der Waals surface area contributed by atoms with Crippen LogP contribution in [0.4, 0.5) is 0 Å². The van der Waals surface area contributed by atoms with Gasteiger partial charge in [0.2, 0.25) is 0 Å². The fourth-order valence-electron chi connectivity index (χ4n) is 3.36. The molecule has 0 heterocycles.